The first-order valence-electron chi connectivity index (χ1n) is 6.51. The van der Waals surface area contributed by atoms with Crippen LogP contribution in [0.2, 0.25) is 0 Å². The van der Waals surface area contributed by atoms with Crippen LogP contribution in [0.4, 0.5) is 0 Å². The molecule has 1 aromatic rings. The molecule has 0 heterocycles. The molecule has 0 radical (unpaired) electrons. The van der Waals surface area contributed by atoms with Crippen LogP contribution in [0.3, 0.4) is 0 Å². The molecule has 0 bridgehead atoms. The summed E-state index contributed by atoms with van der Waals surface area (Å²) in [6.45, 7) is 11.9. The summed E-state index contributed by atoms with van der Waals surface area (Å²) in [6, 6.07) is 8.02. The fraction of sp³-hybridized carbons (Fsp3) is 0.562. The zero-order chi connectivity index (χ0) is 13.9. The molecule has 0 aliphatic carbocycles. The quantitative estimate of drug-likeness (QED) is 0.753. The second-order valence-electron chi connectivity index (χ2n) is 6.11. The van der Waals surface area contributed by atoms with Crippen LogP contribution in [0.25, 0.3) is 0 Å². The van der Waals surface area contributed by atoms with Gasteiger partial charge in [-0.25, -0.2) is 0 Å². The Morgan fingerprint density at radius 2 is 1.72 bits per heavy atom. The van der Waals surface area contributed by atoms with Gasteiger partial charge in [0.05, 0.1) is 5.92 Å². The number of benzene rings is 1. The summed E-state index contributed by atoms with van der Waals surface area (Å²) in [4.78, 5) is 12.3. The lowest BCUT2D eigenvalue weighted by Gasteiger charge is -2.27. The van der Waals surface area contributed by atoms with Crippen LogP contribution in [-0.4, -0.2) is 11.6 Å². The Labute approximate surface area is 110 Å². The summed E-state index contributed by atoms with van der Waals surface area (Å²) in [6.07, 6.45) is 0. The number of esters is 1. The van der Waals surface area contributed by atoms with Crippen molar-refractivity contribution in [2.24, 2.45) is 5.92 Å². The first kappa shape index (κ1) is 14.7. The monoisotopic (exact) mass is 248 g/mol. The number of hydrogen-bond acceptors (Lipinski definition) is 2. The van der Waals surface area contributed by atoms with Crippen LogP contribution >= 0.6 is 0 Å². The van der Waals surface area contributed by atoms with Gasteiger partial charge in [0, 0.05) is 0 Å². The van der Waals surface area contributed by atoms with E-state index >= 15 is 0 Å². The normalized spacial score (nSPS) is 13.5. The van der Waals surface area contributed by atoms with Crippen molar-refractivity contribution in [2.75, 3.05) is 0 Å². The molecular weight excluding hydrogens is 224 g/mol. The van der Waals surface area contributed by atoms with Crippen molar-refractivity contribution < 1.29 is 9.53 Å². The molecule has 0 aliphatic heterocycles. The van der Waals surface area contributed by atoms with Crippen molar-refractivity contribution in [1.82, 2.24) is 0 Å². The van der Waals surface area contributed by atoms with Gasteiger partial charge in [0.15, 0.2) is 0 Å². The van der Waals surface area contributed by atoms with Crippen molar-refractivity contribution in [3.63, 3.8) is 0 Å². The second-order valence-corrected chi connectivity index (χ2v) is 6.11. The summed E-state index contributed by atoms with van der Waals surface area (Å²) in [5.41, 5.74) is 1.77. The zero-order valence-electron chi connectivity index (χ0n) is 12.3. The highest BCUT2D eigenvalue weighted by molar-refractivity contribution is 5.79. The van der Waals surface area contributed by atoms with Crippen molar-refractivity contribution in [2.45, 2.75) is 53.1 Å². The number of rotatable bonds is 3. The summed E-state index contributed by atoms with van der Waals surface area (Å²) in [7, 11) is 0. The van der Waals surface area contributed by atoms with E-state index in [9.17, 15) is 4.79 Å². The molecule has 1 unspecified atom stereocenters. The fourth-order valence-corrected chi connectivity index (χ4v) is 2.06. The SMILES string of the molecule is Cc1ccccc1C(C(=O)OC(C)(C)C)C(C)C. The highest BCUT2D eigenvalue weighted by Gasteiger charge is 2.29. The molecule has 1 atom stereocenters. The number of ether oxygens (including phenoxy) is 1. The van der Waals surface area contributed by atoms with Crippen LogP contribution in [0.1, 0.15) is 51.7 Å². The maximum absolute atomic E-state index is 12.3. The number of carbonyl (C=O) groups excluding carboxylic acids is 1. The average Bonchev–Trinajstić information content (AvgIpc) is 2.17. The molecular formula is C16H24O2. The fourth-order valence-electron chi connectivity index (χ4n) is 2.06. The third kappa shape index (κ3) is 3.86. The van der Waals surface area contributed by atoms with Gasteiger partial charge < -0.3 is 4.74 Å². The van der Waals surface area contributed by atoms with E-state index in [1.165, 1.54) is 0 Å². The van der Waals surface area contributed by atoms with Crippen LogP contribution in [0.15, 0.2) is 24.3 Å². The zero-order valence-corrected chi connectivity index (χ0v) is 12.3. The van der Waals surface area contributed by atoms with E-state index in [2.05, 4.69) is 13.8 Å². The van der Waals surface area contributed by atoms with Gasteiger partial charge in [-0.3, -0.25) is 4.79 Å². The van der Waals surface area contributed by atoms with Crippen molar-refractivity contribution >= 4 is 5.97 Å². The Kier molecular flexibility index (Phi) is 4.55. The van der Waals surface area contributed by atoms with Gasteiger partial charge in [-0.1, -0.05) is 38.1 Å². The smallest absolute Gasteiger partial charge is 0.314 e. The summed E-state index contributed by atoms with van der Waals surface area (Å²) in [5, 5.41) is 0. The molecule has 100 valence electrons. The minimum atomic E-state index is -0.438. The molecule has 18 heavy (non-hydrogen) atoms. The Balaban J connectivity index is 3.05. The first-order chi connectivity index (χ1) is 8.22. The largest absolute Gasteiger partial charge is 0.459 e. The van der Waals surface area contributed by atoms with Gasteiger partial charge in [0.1, 0.15) is 5.60 Å². The molecule has 0 saturated carbocycles. The van der Waals surface area contributed by atoms with E-state index in [1.807, 2.05) is 52.0 Å². The Morgan fingerprint density at radius 1 is 1.17 bits per heavy atom. The molecule has 0 N–H and O–H groups in total. The number of hydrogen-bond donors (Lipinski definition) is 0. The molecule has 0 aliphatic rings. The molecule has 1 aromatic carbocycles. The van der Waals surface area contributed by atoms with Gasteiger partial charge in [0.25, 0.3) is 0 Å². The van der Waals surface area contributed by atoms with Crippen molar-refractivity contribution in [3.8, 4) is 0 Å². The molecule has 1 rings (SSSR count). The average molecular weight is 248 g/mol. The van der Waals surface area contributed by atoms with E-state index in [1.54, 1.807) is 0 Å². The predicted octanol–water partition coefficient (Wildman–Crippen LogP) is 4.08. The second kappa shape index (κ2) is 5.55. The van der Waals surface area contributed by atoms with E-state index in [-0.39, 0.29) is 17.8 Å². The molecule has 2 nitrogen and oxygen atoms in total. The Morgan fingerprint density at radius 3 is 2.17 bits per heavy atom. The molecule has 0 spiro atoms. The molecule has 0 saturated heterocycles. The van der Waals surface area contributed by atoms with Crippen LogP contribution in [-0.2, 0) is 9.53 Å². The highest BCUT2D eigenvalue weighted by atomic mass is 16.6. The molecule has 2 heteroatoms. The highest BCUT2D eigenvalue weighted by Crippen LogP contribution is 2.29. The maximum atomic E-state index is 12.3. The summed E-state index contributed by atoms with van der Waals surface area (Å²) >= 11 is 0. The van der Waals surface area contributed by atoms with Gasteiger partial charge in [-0.15, -0.1) is 0 Å². The van der Waals surface area contributed by atoms with Crippen molar-refractivity contribution in [1.29, 1.82) is 0 Å². The first-order valence-corrected chi connectivity index (χ1v) is 6.51. The van der Waals surface area contributed by atoms with E-state index in [0.29, 0.717) is 0 Å². The minimum absolute atomic E-state index is 0.133. The third-order valence-corrected chi connectivity index (χ3v) is 2.85. The summed E-state index contributed by atoms with van der Waals surface area (Å²) in [5.74, 6) is -0.0989. The molecule has 0 amide bonds. The maximum Gasteiger partial charge on any atom is 0.314 e. The lowest BCUT2D eigenvalue weighted by atomic mass is 9.86. The predicted molar refractivity (Wildman–Crippen MR) is 74.6 cm³/mol. The van der Waals surface area contributed by atoms with Crippen molar-refractivity contribution in [3.05, 3.63) is 35.4 Å². The van der Waals surface area contributed by atoms with Gasteiger partial charge >= 0.3 is 5.97 Å². The van der Waals surface area contributed by atoms with E-state index < -0.39 is 5.60 Å². The van der Waals surface area contributed by atoms with Gasteiger partial charge in [-0.2, -0.15) is 0 Å². The lowest BCUT2D eigenvalue weighted by molar-refractivity contribution is -0.158. The molecule has 0 aromatic heterocycles. The van der Waals surface area contributed by atoms with E-state index in [4.69, 9.17) is 4.74 Å². The Bertz CT molecular complexity index is 413. The van der Waals surface area contributed by atoms with Crippen LogP contribution < -0.4 is 0 Å². The van der Waals surface area contributed by atoms with Crippen LogP contribution in [0, 0.1) is 12.8 Å². The van der Waals surface area contributed by atoms with E-state index in [0.717, 1.165) is 11.1 Å². The third-order valence-electron chi connectivity index (χ3n) is 2.85. The van der Waals surface area contributed by atoms with Gasteiger partial charge in [0.2, 0.25) is 0 Å². The number of carbonyl (C=O) groups is 1. The standard InChI is InChI=1S/C16H24O2/c1-11(2)14(15(17)18-16(4,5)6)13-10-8-7-9-12(13)3/h7-11,14H,1-6H3. The topological polar surface area (TPSA) is 26.3 Å². The molecule has 0 fully saturated rings. The number of aryl methyl sites for hydroxylation is 1. The van der Waals surface area contributed by atoms with Gasteiger partial charge in [-0.05, 0) is 44.7 Å². The minimum Gasteiger partial charge on any atom is -0.459 e. The van der Waals surface area contributed by atoms with Crippen LogP contribution in [0.5, 0.6) is 0 Å². The summed E-state index contributed by atoms with van der Waals surface area (Å²) < 4.78 is 5.53. The lowest BCUT2D eigenvalue weighted by Crippen LogP contribution is -2.30. The Hall–Kier alpha value is -1.31.